The molecule has 0 radical (unpaired) electrons. The summed E-state index contributed by atoms with van der Waals surface area (Å²) in [7, 11) is 2.04. The lowest BCUT2D eigenvalue weighted by molar-refractivity contribution is -0.661. The summed E-state index contributed by atoms with van der Waals surface area (Å²) < 4.78 is 34.8. The highest BCUT2D eigenvalue weighted by atomic mass is 14.9. The average Bonchev–Trinajstić information content (AvgIpc) is 3.17. The van der Waals surface area contributed by atoms with Gasteiger partial charge in [-0.05, 0) is 73.3 Å². The zero-order chi connectivity index (χ0) is 22.4. The van der Waals surface area contributed by atoms with E-state index in [-0.39, 0.29) is 0 Å². The summed E-state index contributed by atoms with van der Waals surface area (Å²) in [5.74, 6) is -0.476. The molecule has 0 spiro atoms. The monoisotopic (exact) mass is 360 g/mol. The normalized spacial score (nSPS) is 18.5. The number of hydrogen-bond donors (Lipinski definition) is 0. The Balaban J connectivity index is 1.83. The van der Waals surface area contributed by atoms with E-state index in [0.717, 1.165) is 64.8 Å². The molecule has 1 saturated carbocycles. The minimum Gasteiger partial charge on any atom is -0.201 e. The maximum absolute atomic E-state index is 8.94. The van der Waals surface area contributed by atoms with Crippen molar-refractivity contribution < 1.29 is 10.1 Å². The number of aryl methyl sites for hydroxylation is 4. The maximum Gasteiger partial charge on any atom is 0.212 e. The Kier molecular flexibility index (Phi) is 3.71. The van der Waals surface area contributed by atoms with Crippen LogP contribution in [0.2, 0.25) is 0 Å². The van der Waals surface area contributed by atoms with Crippen LogP contribution < -0.4 is 4.57 Å². The lowest BCUT2D eigenvalue weighted by atomic mass is 9.92. The third kappa shape index (κ3) is 3.43. The molecule has 138 valence electrons. The molecule has 3 aromatic rings. The van der Waals surface area contributed by atoms with Gasteiger partial charge in [-0.2, -0.15) is 0 Å². The Bertz CT molecular complexity index is 1120. The van der Waals surface area contributed by atoms with Gasteiger partial charge in [0, 0.05) is 22.7 Å². The van der Waals surface area contributed by atoms with Crippen LogP contribution in [0, 0.1) is 20.7 Å². The molecule has 1 aliphatic rings. The van der Waals surface area contributed by atoms with E-state index in [1.165, 1.54) is 0 Å². The van der Waals surface area contributed by atoms with Gasteiger partial charge in [-0.1, -0.05) is 49.2 Å². The van der Waals surface area contributed by atoms with Crippen molar-refractivity contribution in [3.8, 4) is 22.4 Å². The Morgan fingerprint density at radius 1 is 0.926 bits per heavy atom. The standard InChI is InChI=1S/C26H30N/c1-18-9-5-8-12-23(18)22-14-13-19(2)24(16-22)26-15-20(3)25(17-27(26)4)21-10-6-7-11-21/h5,8-9,12-17,21H,6-7,10-11H2,1-4H3/q+1/i1D3,21D. The number of aromatic nitrogens is 1. The van der Waals surface area contributed by atoms with Crippen LogP contribution in [0.1, 0.15) is 59.3 Å². The quantitative estimate of drug-likeness (QED) is 0.474. The Morgan fingerprint density at radius 3 is 2.48 bits per heavy atom. The molecule has 1 nitrogen and oxygen atoms in total. The van der Waals surface area contributed by atoms with Gasteiger partial charge in [0.15, 0.2) is 6.20 Å². The molecule has 0 saturated heterocycles. The van der Waals surface area contributed by atoms with Crippen LogP contribution in [-0.4, -0.2) is 0 Å². The minimum absolute atomic E-state index is 0.373. The van der Waals surface area contributed by atoms with Gasteiger partial charge < -0.3 is 0 Å². The van der Waals surface area contributed by atoms with Crippen molar-refractivity contribution in [2.24, 2.45) is 7.05 Å². The van der Waals surface area contributed by atoms with E-state index in [0.29, 0.717) is 5.56 Å². The molecule has 1 heterocycles. The lowest BCUT2D eigenvalue weighted by Gasteiger charge is -2.14. The molecule has 27 heavy (non-hydrogen) atoms. The molecule has 0 atom stereocenters. The molecule has 0 unspecified atom stereocenters. The Labute approximate surface area is 169 Å². The molecular formula is C26H30N+. The molecule has 0 N–H and O–H groups in total. The van der Waals surface area contributed by atoms with Crippen LogP contribution in [0.5, 0.6) is 0 Å². The summed E-state index contributed by atoms with van der Waals surface area (Å²) >= 11 is 0. The highest BCUT2D eigenvalue weighted by molar-refractivity contribution is 5.74. The smallest absolute Gasteiger partial charge is 0.201 e. The van der Waals surface area contributed by atoms with Gasteiger partial charge in [0.05, 0.1) is 0 Å². The first-order valence-electron chi connectivity index (χ1n) is 11.8. The summed E-state index contributed by atoms with van der Waals surface area (Å²) in [6.07, 6.45) is 6.23. The average molecular weight is 361 g/mol. The molecule has 1 aliphatic carbocycles. The third-order valence-electron chi connectivity index (χ3n) is 5.82. The number of pyridine rings is 1. The number of nitrogens with zero attached hydrogens (tertiary/aromatic N) is 1. The van der Waals surface area contributed by atoms with Gasteiger partial charge in [0.25, 0.3) is 0 Å². The number of hydrogen-bond acceptors (Lipinski definition) is 0. The molecule has 0 aliphatic heterocycles. The Morgan fingerprint density at radius 2 is 1.70 bits per heavy atom. The van der Waals surface area contributed by atoms with Crippen LogP contribution in [0.3, 0.4) is 0 Å². The zero-order valence-corrected chi connectivity index (χ0v) is 16.5. The summed E-state index contributed by atoms with van der Waals surface area (Å²) in [5, 5.41) is 0. The van der Waals surface area contributed by atoms with E-state index in [9.17, 15) is 0 Å². The van der Waals surface area contributed by atoms with Crippen molar-refractivity contribution in [2.45, 2.75) is 52.3 Å². The van der Waals surface area contributed by atoms with Gasteiger partial charge in [0.2, 0.25) is 5.69 Å². The number of benzene rings is 2. The summed E-state index contributed by atoms with van der Waals surface area (Å²) in [6.45, 7) is 2.03. The van der Waals surface area contributed by atoms with Crippen LogP contribution in [0.4, 0.5) is 0 Å². The topological polar surface area (TPSA) is 3.88 Å². The summed E-state index contributed by atoms with van der Waals surface area (Å²) in [6, 6.07) is 15.6. The number of rotatable bonds is 3. The molecule has 0 bridgehead atoms. The van der Waals surface area contributed by atoms with Crippen LogP contribution in [0.15, 0.2) is 54.7 Å². The van der Waals surface area contributed by atoms with Crippen LogP contribution in [-0.2, 0) is 7.05 Å². The van der Waals surface area contributed by atoms with Gasteiger partial charge in [-0.25, -0.2) is 4.57 Å². The highest BCUT2D eigenvalue weighted by Crippen LogP contribution is 2.36. The fourth-order valence-electron chi connectivity index (χ4n) is 4.26. The highest BCUT2D eigenvalue weighted by Gasteiger charge is 2.24. The van der Waals surface area contributed by atoms with Crippen molar-refractivity contribution in [1.29, 1.82) is 0 Å². The van der Waals surface area contributed by atoms with E-state index >= 15 is 0 Å². The van der Waals surface area contributed by atoms with Crippen molar-refractivity contribution >= 4 is 0 Å². The Hall–Kier alpha value is -2.41. The molecule has 0 amide bonds. The minimum atomic E-state index is -2.16. The van der Waals surface area contributed by atoms with E-state index in [4.69, 9.17) is 5.48 Å². The first kappa shape index (κ1) is 13.7. The van der Waals surface area contributed by atoms with E-state index in [1.807, 2.05) is 25.2 Å². The molecule has 1 aromatic heterocycles. The van der Waals surface area contributed by atoms with Crippen molar-refractivity contribution in [3.05, 3.63) is 77.0 Å². The van der Waals surface area contributed by atoms with Gasteiger partial charge in [-0.15, -0.1) is 0 Å². The molecule has 1 heteroatoms. The van der Waals surface area contributed by atoms with Crippen molar-refractivity contribution in [3.63, 3.8) is 0 Å². The fourth-order valence-corrected chi connectivity index (χ4v) is 4.26. The first-order chi connectivity index (χ1) is 14.6. The van der Waals surface area contributed by atoms with Gasteiger partial charge >= 0.3 is 0 Å². The SMILES string of the molecule is [2H]C([2H])([2H])c1ccccc1-c1ccc(C)c(-c2cc(C)c(C3([2H])CCCC3)c[n+]2C)c1. The fraction of sp³-hybridized carbons (Fsp3) is 0.346. The van der Waals surface area contributed by atoms with E-state index in [2.05, 4.69) is 42.8 Å². The van der Waals surface area contributed by atoms with Crippen molar-refractivity contribution in [1.82, 2.24) is 0 Å². The summed E-state index contributed by atoms with van der Waals surface area (Å²) in [5.41, 5.74) is 7.60. The van der Waals surface area contributed by atoms with Crippen molar-refractivity contribution in [2.75, 3.05) is 0 Å². The lowest BCUT2D eigenvalue weighted by Crippen LogP contribution is -2.32. The zero-order valence-electron chi connectivity index (χ0n) is 20.5. The predicted molar refractivity (Wildman–Crippen MR) is 114 cm³/mol. The molecule has 4 rings (SSSR count). The van der Waals surface area contributed by atoms with Gasteiger partial charge in [-0.3, -0.25) is 0 Å². The summed E-state index contributed by atoms with van der Waals surface area (Å²) in [4.78, 5) is 0. The second-order valence-corrected chi connectivity index (χ2v) is 7.75. The first-order valence-corrected chi connectivity index (χ1v) is 9.82. The molecular weight excluding hydrogens is 326 g/mol. The van der Waals surface area contributed by atoms with Gasteiger partial charge in [0.1, 0.15) is 7.05 Å². The largest absolute Gasteiger partial charge is 0.212 e. The van der Waals surface area contributed by atoms with E-state index < -0.39 is 12.7 Å². The molecule has 1 fully saturated rings. The maximum atomic E-state index is 8.94. The van der Waals surface area contributed by atoms with E-state index in [1.54, 1.807) is 12.1 Å². The third-order valence-corrected chi connectivity index (χ3v) is 5.82. The van der Waals surface area contributed by atoms with Crippen LogP contribution >= 0.6 is 0 Å². The van der Waals surface area contributed by atoms with Crippen LogP contribution in [0.25, 0.3) is 22.4 Å². The second-order valence-electron chi connectivity index (χ2n) is 7.75. The predicted octanol–water partition coefficient (Wildman–Crippen LogP) is 6.43. The second kappa shape index (κ2) is 7.31. The molecule has 2 aromatic carbocycles.